The van der Waals surface area contributed by atoms with E-state index >= 15 is 0 Å². The second kappa shape index (κ2) is 7.84. The van der Waals surface area contributed by atoms with Crippen molar-refractivity contribution in [1.29, 1.82) is 0 Å². The molecule has 0 aromatic heterocycles. The van der Waals surface area contributed by atoms with Crippen molar-refractivity contribution in [1.82, 2.24) is 0 Å². The van der Waals surface area contributed by atoms with Crippen molar-refractivity contribution in [3.8, 4) is 5.75 Å². The second-order valence-electron chi connectivity index (χ2n) is 4.89. The summed E-state index contributed by atoms with van der Waals surface area (Å²) in [5.74, 6) is 0.856. The Morgan fingerprint density at radius 2 is 1.67 bits per heavy atom. The number of aryl methyl sites for hydroxylation is 1. The summed E-state index contributed by atoms with van der Waals surface area (Å²) in [5.41, 5.74) is 3.08. The standard InChI is InChI=1S/C17H18BrNO2/c1-13(19-20)2-3-14-6-10-17(11-7-14)21-12-15-4-8-16(18)9-5-15/h4-11,20H,2-3,12H2,1H3/b19-13+. The molecule has 0 aliphatic heterocycles. The molecule has 0 aliphatic carbocycles. The third kappa shape index (κ3) is 5.23. The van der Waals surface area contributed by atoms with E-state index in [1.807, 2.05) is 55.5 Å². The molecule has 110 valence electrons. The number of ether oxygens (including phenoxy) is 1. The van der Waals surface area contributed by atoms with Gasteiger partial charge in [0.25, 0.3) is 0 Å². The number of benzene rings is 2. The van der Waals surface area contributed by atoms with E-state index in [9.17, 15) is 0 Å². The Kier molecular flexibility index (Phi) is 5.81. The molecule has 0 bridgehead atoms. The van der Waals surface area contributed by atoms with E-state index in [0.717, 1.165) is 34.3 Å². The molecule has 0 aliphatic rings. The SMILES string of the molecule is C/C(CCc1ccc(OCc2ccc(Br)cc2)cc1)=N\O. The monoisotopic (exact) mass is 347 g/mol. The predicted molar refractivity (Wildman–Crippen MR) is 88.1 cm³/mol. The third-order valence-electron chi connectivity index (χ3n) is 3.19. The average molecular weight is 348 g/mol. The van der Waals surface area contributed by atoms with Crippen LogP contribution in [0.3, 0.4) is 0 Å². The number of oxime groups is 1. The molecule has 0 saturated carbocycles. The highest BCUT2D eigenvalue weighted by molar-refractivity contribution is 9.10. The van der Waals surface area contributed by atoms with Crippen LogP contribution in [0.5, 0.6) is 5.75 Å². The minimum Gasteiger partial charge on any atom is -0.489 e. The maximum atomic E-state index is 8.62. The summed E-state index contributed by atoms with van der Waals surface area (Å²) in [6, 6.07) is 16.1. The number of nitrogens with zero attached hydrogens (tertiary/aromatic N) is 1. The van der Waals surface area contributed by atoms with Crippen LogP contribution < -0.4 is 4.74 Å². The third-order valence-corrected chi connectivity index (χ3v) is 3.72. The molecule has 0 unspecified atom stereocenters. The van der Waals surface area contributed by atoms with E-state index < -0.39 is 0 Å². The number of rotatable bonds is 6. The first-order chi connectivity index (χ1) is 10.2. The molecule has 3 nitrogen and oxygen atoms in total. The lowest BCUT2D eigenvalue weighted by molar-refractivity contribution is 0.306. The van der Waals surface area contributed by atoms with Crippen LogP contribution in [0.2, 0.25) is 0 Å². The van der Waals surface area contributed by atoms with Crippen LogP contribution in [0.15, 0.2) is 58.2 Å². The Hall–Kier alpha value is -1.81. The van der Waals surface area contributed by atoms with Crippen molar-refractivity contribution in [2.45, 2.75) is 26.4 Å². The van der Waals surface area contributed by atoms with Crippen LogP contribution in [0.1, 0.15) is 24.5 Å². The first kappa shape index (κ1) is 15.6. The lowest BCUT2D eigenvalue weighted by Crippen LogP contribution is -1.97. The number of halogens is 1. The molecule has 2 rings (SSSR count). The van der Waals surface area contributed by atoms with Crippen molar-refractivity contribution < 1.29 is 9.94 Å². The van der Waals surface area contributed by atoms with Crippen molar-refractivity contribution in [3.63, 3.8) is 0 Å². The molecule has 0 spiro atoms. The van der Waals surface area contributed by atoms with Gasteiger partial charge in [-0.25, -0.2) is 0 Å². The Morgan fingerprint density at radius 1 is 1.05 bits per heavy atom. The highest BCUT2D eigenvalue weighted by Crippen LogP contribution is 2.16. The fourth-order valence-electron chi connectivity index (χ4n) is 1.87. The summed E-state index contributed by atoms with van der Waals surface area (Å²) < 4.78 is 6.82. The van der Waals surface area contributed by atoms with Gasteiger partial charge in [-0.05, 0) is 55.2 Å². The zero-order valence-electron chi connectivity index (χ0n) is 11.9. The van der Waals surface area contributed by atoms with Crippen LogP contribution in [0.4, 0.5) is 0 Å². The molecule has 2 aromatic rings. The quantitative estimate of drug-likeness (QED) is 0.462. The van der Waals surface area contributed by atoms with E-state index in [1.165, 1.54) is 5.56 Å². The van der Waals surface area contributed by atoms with Crippen LogP contribution in [-0.4, -0.2) is 10.9 Å². The summed E-state index contributed by atoms with van der Waals surface area (Å²) in [7, 11) is 0. The second-order valence-corrected chi connectivity index (χ2v) is 5.81. The van der Waals surface area contributed by atoms with Gasteiger partial charge in [-0.1, -0.05) is 45.4 Å². The molecule has 4 heteroatoms. The van der Waals surface area contributed by atoms with E-state index in [0.29, 0.717) is 6.61 Å². The van der Waals surface area contributed by atoms with Gasteiger partial charge >= 0.3 is 0 Å². The van der Waals surface area contributed by atoms with E-state index in [1.54, 1.807) is 0 Å². The van der Waals surface area contributed by atoms with Crippen LogP contribution >= 0.6 is 15.9 Å². The van der Waals surface area contributed by atoms with Gasteiger partial charge in [0, 0.05) is 4.47 Å². The summed E-state index contributed by atoms with van der Waals surface area (Å²) >= 11 is 3.41. The molecular formula is C17H18BrNO2. The largest absolute Gasteiger partial charge is 0.489 e. The van der Waals surface area contributed by atoms with Gasteiger partial charge in [-0.3, -0.25) is 0 Å². The first-order valence-electron chi connectivity index (χ1n) is 6.81. The summed E-state index contributed by atoms with van der Waals surface area (Å²) in [6.45, 7) is 2.37. The molecule has 0 saturated heterocycles. The van der Waals surface area contributed by atoms with Crippen molar-refractivity contribution in [3.05, 3.63) is 64.1 Å². The molecule has 2 aromatic carbocycles. The minimum absolute atomic E-state index is 0.558. The average Bonchev–Trinajstić information content (AvgIpc) is 2.53. The Morgan fingerprint density at radius 3 is 2.29 bits per heavy atom. The molecule has 21 heavy (non-hydrogen) atoms. The molecule has 0 heterocycles. The fraction of sp³-hybridized carbons (Fsp3) is 0.235. The van der Waals surface area contributed by atoms with Gasteiger partial charge in [-0.15, -0.1) is 0 Å². The van der Waals surface area contributed by atoms with Crippen molar-refractivity contribution in [2.75, 3.05) is 0 Å². The van der Waals surface area contributed by atoms with Crippen molar-refractivity contribution in [2.24, 2.45) is 5.16 Å². The van der Waals surface area contributed by atoms with Crippen LogP contribution in [0, 0.1) is 0 Å². The molecule has 0 amide bonds. The lowest BCUT2D eigenvalue weighted by atomic mass is 10.1. The van der Waals surface area contributed by atoms with Gasteiger partial charge in [0.2, 0.25) is 0 Å². The molecule has 1 N–H and O–H groups in total. The first-order valence-corrected chi connectivity index (χ1v) is 7.60. The van der Waals surface area contributed by atoms with Crippen molar-refractivity contribution >= 4 is 21.6 Å². The molecular weight excluding hydrogens is 330 g/mol. The molecule has 0 atom stereocenters. The van der Waals surface area contributed by atoms with Gasteiger partial charge in [-0.2, -0.15) is 0 Å². The normalized spacial score (nSPS) is 11.4. The molecule has 0 radical (unpaired) electrons. The van der Waals surface area contributed by atoms with E-state index in [-0.39, 0.29) is 0 Å². The minimum atomic E-state index is 0.558. The van der Waals surface area contributed by atoms with Gasteiger partial charge in [0.05, 0.1) is 5.71 Å². The predicted octanol–water partition coefficient (Wildman–Crippen LogP) is 4.81. The number of hydrogen-bond acceptors (Lipinski definition) is 3. The lowest BCUT2D eigenvalue weighted by Gasteiger charge is -2.07. The Labute approximate surface area is 133 Å². The number of hydrogen-bond donors (Lipinski definition) is 1. The summed E-state index contributed by atoms with van der Waals surface area (Å²) in [5, 5.41) is 11.8. The highest BCUT2D eigenvalue weighted by Gasteiger charge is 1.99. The zero-order chi connectivity index (χ0) is 15.1. The van der Waals surface area contributed by atoms with Crippen LogP contribution in [0.25, 0.3) is 0 Å². The Bertz CT molecular complexity index is 591. The van der Waals surface area contributed by atoms with Gasteiger partial charge in [0.15, 0.2) is 0 Å². The van der Waals surface area contributed by atoms with Crippen LogP contribution in [-0.2, 0) is 13.0 Å². The summed E-state index contributed by atoms with van der Waals surface area (Å²) in [6.07, 6.45) is 1.62. The van der Waals surface area contributed by atoms with E-state index in [2.05, 4.69) is 21.1 Å². The summed E-state index contributed by atoms with van der Waals surface area (Å²) in [4.78, 5) is 0. The fourth-order valence-corrected chi connectivity index (χ4v) is 2.14. The maximum Gasteiger partial charge on any atom is 0.119 e. The van der Waals surface area contributed by atoms with Gasteiger partial charge < -0.3 is 9.94 Å². The zero-order valence-corrected chi connectivity index (χ0v) is 13.5. The molecule has 0 fully saturated rings. The topological polar surface area (TPSA) is 41.8 Å². The maximum absolute atomic E-state index is 8.62. The highest BCUT2D eigenvalue weighted by atomic mass is 79.9. The van der Waals surface area contributed by atoms with Gasteiger partial charge in [0.1, 0.15) is 12.4 Å². The van der Waals surface area contributed by atoms with E-state index in [4.69, 9.17) is 9.94 Å². The smallest absolute Gasteiger partial charge is 0.119 e. The Balaban J connectivity index is 1.86.